The molecule has 2 unspecified atom stereocenters. The van der Waals surface area contributed by atoms with Gasteiger partial charge in [-0.1, -0.05) is 48.6 Å². The first-order chi connectivity index (χ1) is 14.7. The fraction of sp³-hybridized carbons (Fsp3) is 0.0800. The third-order valence-corrected chi connectivity index (χ3v) is 7.27. The van der Waals surface area contributed by atoms with E-state index in [0.29, 0.717) is 22.8 Å². The molecule has 0 bridgehead atoms. The van der Waals surface area contributed by atoms with Gasteiger partial charge in [0.1, 0.15) is 5.75 Å². The van der Waals surface area contributed by atoms with Gasteiger partial charge in [0, 0.05) is 44.2 Å². The number of nitrogens with one attached hydrogen (secondary N) is 1. The summed E-state index contributed by atoms with van der Waals surface area (Å²) in [4.78, 5) is 13.6. The van der Waals surface area contributed by atoms with Crippen molar-refractivity contribution < 1.29 is 13.7 Å². The molecule has 2 heterocycles. The molecule has 1 amide bonds. The number of carbonyl (C=O) groups excluding carboxylic acids is 1. The zero-order chi connectivity index (χ0) is 20.3. The van der Waals surface area contributed by atoms with Gasteiger partial charge in [0.25, 0.3) is 5.91 Å². The van der Waals surface area contributed by atoms with Gasteiger partial charge in [-0.3, -0.25) is 4.79 Å². The number of rotatable bonds is 2. The summed E-state index contributed by atoms with van der Waals surface area (Å²) in [6.07, 6.45) is 14.0. The Morgan fingerprint density at radius 2 is 1.87 bits per heavy atom. The summed E-state index contributed by atoms with van der Waals surface area (Å²) in [6.45, 7) is 0.452. The normalized spacial score (nSPS) is 23.6. The highest BCUT2D eigenvalue weighted by Gasteiger charge is 2.44. The lowest BCUT2D eigenvalue weighted by molar-refractivity contribution is 0.0965. The van der Waals surface area contributed by atoms with Crippen LogP contribution in [-0.2, 0) is 17.3 Å². The number of fused-ring (bicyclic) bond motifs is 3. The van der Waals surface area contributed by atoms with E-state index < -0.39 is 16.4 Å². The van der Waals surface area contributed by atoms with Crippen LogP contribution < -0.4 is 10.1 Å². The van der Waals surface area contributed by atoms with Gasteiger partial charge < -0.3 is 10.1 Å². The predicted molar refractivity (Wildman–Crippen MR) is 116 cm³/mol. The summed E-state index contributed by atoms with van der Waals surface area (Å²) in [6, 6.07) is 13.2. The lowest BCUT2D eigenvalue weighted by Gasteiger charge is -2.41. The summed E-state index contributed by atoms with van der Waals surface area (Å²) in [5, 5.41) is 2.88. The van der Waals surface area contributed by atoms with Crippen LogP contribution in [0.5, 0.6) is 5.75 Å². The number of ether oxygens (including phenoxy) is 1. The molecule has 4 nitrogen and oxygen atoms in total. The minimum atomic E-state index is -1.32. The average molecular weight is 411 g/mol. The molecule has 0 radical (unpaired) electrons. The van der Waals surface area contributed by atoms with E-state index in [2.05, 4.69) is 11.4 Å². The van der Waals surface area contributed by atoms with E-state index in [9.17, 15) is 9.00 Å². The Morgan fingerprint density at radius 3 is 2.73 bits per heavy atom. The Kier molecular flexibility index (Phi) is 3.65. The lowest BCUT2D eigenvalue weighted by Crippen LogP contribution is -2.42. The minimum Gasteiger partial charge on any atom is -0.473 e. The number of carbonyl (C=O) groups is 1. The Balaban J connectivity index is 1.52. The molecule has 0 aromatic heterocycles. The molecule has 1 spiro atoms. The summed E-state index contributed by atoms with van der Waals surface area (Å²) in [5.74, 6) is 0.639. The Morgan fingerprint density at radius 1 is 1.00 bits per heavy atom. The molecule has 0 fully saturated rings. The van der Waals surface area contributed by atoms with Gasteiger partial charge in [0.05, 0.1) is 10.8 Å². The second-order valence-corrected chi connectivity index (χ2v) is 9.05. The lowest BCUT2D eigenvalue weighted by atomic mass is 9.77. The van der Waals surface area contributed by atoms with Crippen LogP contribution in [0, 0.1) is 0 Å². The maximum absolute atomic E-state index is 13.2. The first-order valence-corrected chi connectivity index (χ1v) is 10.9. The second-order valence-electron chi connectivity index (χ2n) is 7.57. The van der Waals surface area contributed by atoms with E-state index in [0.717, 1.165) is 27.2 Å². The molecule has 146 valence electrons. The number of allylic oxidation sites excluding steroid dienone is 3. The van der Waals surface area contributed by atoms with Gasteiger partial charge in [-0.2, -0.15) is 0 Å². The molecule has 1 N–H and O–H groups in total. The average Bonchev–Trinajstić information content (AvgIpc) is 3.17. The first-order valence-electron chi connectivity index (χ1n) is 9.78. The third-order valence-electron chi connectivity index (χ3n) is 5.89. The summed E-state index contributed by atoms with van der Waals surface area (Å²) >= 11 is 0. The molecule has 30 heavy (non-hydrogen) atoms. The molecule has 2 aromatic rings. The van der Waals surface area contributed by atoms with Crippen molar-refractivity contribution in [3.63, 3.8) is 0 Å². The smallest absolute Gasteiger partial charge is 0.252 e. The van der Waals surface area contributed by atoms with Crippen molar-refractivity contribution >= 4 is 22.8 Å². The molecular formula is C25H17NO3S. The summed E-state index contributed by atoms with van der Waals surface area (Å²) < 4.78 is 19.9. The standard InChI is InChI=1S/C25H17NO3S/c27-24-21-12-9-16-13-18-6-4-5-17-10-11-20(30(28)19-7-2-1-3-8-19)14-25(17,18)29-23(16)22(21)15-26-24/h1-14H,15H2,(H,26,27). The maximum atomic E-state index is 13.2. The molecule has 2 aliphatic heterocycles. The quantitative estimate of drug-likeness (QED) is 0.806. The van der Waals surface area contributed by atoms with E-state index in [4.69, 9.17) is 4.74 Å². The molecule has 2 aliphatic carbocycles. The zero-order valence-electron chi connectivity index (χ0n) is 15.9. The van der Waals surface area contributed by atoms with Crippen molar-refractivity contribution in [1.82, 2.24) is 5.32 Å². The van der Waals surface area contributed by atoms with Crippen molar-refractivity contribution in [3.8, 4) is 5.75 Å². The number of hydrogen-bond donors (Lipinski definition) is 1. The van der Waals surface area contributed by atoms with Gasteiger partial charge in [0.2, 0.25) is 0 Å². The van der Waals surface area contributed by atoms with Crippen molar-refractivity contribution in [2.75, 3.05) is 0 Å². The second kappa shape index (κ2) is 6.28. The van der Waals surface area contributed by atoms with Gasteiger partial charge in [-0.05, 0) is 36.4 Å². The van der Waals surface area contributed by atoms with Crippen molar-refractivity contribution in [1.29, 1.82) is 0 Å². The summed E-state index contributed by atoms with van der Waals surface area (Å²) in [5.41, 5.74) is 3.59. The fourth-order valence-corrected chi connectivity index (χ4v) is 5.54. The molecule has 5 heteroatoms. The molecule has 0 saturated carbocycles. The van der Waals surface area contributed by atoms with Gasteiger partial charge in [-0.15, -0.1) is 0 Å². The molecular weight excluding hydrogens is 394 g/mol. The van der Waals surface area contributed by atoms with Crippen LogP contribution in [0.25, 0.3) is 6.08 Å². The van der Waals surface area contributed by atoms with Crippen LogP contribution in [0.2, 0.25) is 0 Å². The Labute approximate surface area is 176 Å². The highest BCUT2D eigenvalue weighted by atomic mass is 32.2. The predicted octanol–water partition coefficient (Wildman–Crippen LogP) is 4.20. The molecule has 2 atom stereocenters. The topological polar surface area (TPSA) is 55.4 Å². The van der Waals surface area contributed by atoms with Gasteiger partial charge >= 0.3 is 0 Å². The van der Waals surface area contributed by atoms with Gasteiger partial charge in [-0.25, -0.2) is 4.21 Å². The highest BCUT2D eigenvalue weighted by molar-refractivity contribution is 7.89. The van der Waals surface area contributed by atoms with E-state index in [-0.39, 0.29) is 5.91 Å². The van der Waals surface area contributed by atoms with E-state index in [1.54, 1.807) is 0 Å². The highest BCUT2D eigenvalue weighted by Crippen LogP contribution is 2.48. The maximum Gasteiger partial charge on any atom is 0.252 e. The van der Waals surface area contributed by atoms with Crippen molar-refractivity contribution in [2.45, 2.75) is 17.0 Å². The fourth-order valence-electron chi connectivity index (χ4n) is 4.39. The number of benzene rings is 2. The third kappa shape index (κ3) is 2.39. The Hall–Kier alpha value is -3.44. The first kappa shape index (κ1) is 17.4. The zero-order valence-corrected chi connectivity index (χ0v) is 16.7. The van der Waals surface area contributed by atoms with Crippen molar-refractivity contribution in [2.24, 2.45) is 0 Å². The van der Waals surface area contributed by atoms with E-state index in [1.807, 2.05) is 78.9 Å². The van der Waals surface area contributed by atoms with Crippen LogP contribution in [0.3, 0.4) is 0 Å². The minimum absolute atomic E-state index is 0.0760. The molecule has 0 saturated heterocycles. The monoisotopic (exact) mass is 411 g/mol. The van der Waals surface area contributed by atoms with E-state index in [1.165, 1.54) is 0 Å². The van der Waals surface area contributed by atoms with Crippen LogP contribution in [0.1, 0.15) is 21.5 Å². The summed E-state index contributed by atoms with van der Waals surface area (Å²) in [7, 11) is -1.32. The number of amides is 1. The van der Waals surface area contributed by atoms with Crippen LogP contribution in [0.15, 0.2) is 99.9 Å². The van der Waals surface area contributed by atoms with Crippen molar-refractivity contribution in [3.05, 3.63) is 112 Å². The largest absolute Gasteiger partial charge is 0.473 e. The SMILES string of the molecule is O=C1NCc2c1ccc1c2OC23C=C(S(=O)c4ccccc4)C=CC2=CC=CC3=C1. The van der Waals surface area contributed by atoms with Crippen LogP contribution >= 0.6 is 0 Å². The van der Waals surface area contributed by atoms with Crippen LogP contribution in [0.4, 0.5) is 0 Å². The number of hydrogen-bond acceptors (Lipinski definition) is 3. The molecule has 2 aromatic carbocycles. The van der Waals surface area contributed by atoms with Gasteiger partial charge in [0.15, 0.2) is 5.60 Å². The molecule has 6 rings (SSSR count). The van der Waals surface area contributed by atoms with E-state index >= 15 is 0 Å². The van der Waals surface area contributed by atoms with Crippen LogP contribution in [-0.4, -0.2) is 15.7 Å². The molecule has 4 aliphatic rings. The Bertz CT molecular complexity index is 1300.